The van der Waals surface area contributed by atoms with Gasteiger partial charge in [-0.15, -0.1) is 0 Å². The van der Waals surface area contributed by atoms with Gasteiger partial charge in [0.15, 0.2) is 11.5 Å². The number of nitrogens with zero attached hydrogens (tertiary/aromatic N) is 1. The zero-order chi connectivity index (χ0) is 19.2. The molecule has 0 saturated carbocycles. The van der Waals surface area contributed by atoms with E-state index in [2.05, 4.69) is 22.4 Å². The van der Waals surface area contributed by atoms with Crippen molar-refractivity contribution < 1.29 is 14.3 Å². The molecule has 1 unspecified atom stereocenters. The number of rotatable bonds is 6. The molecule has 5 heteroatoms. The molecule has 0 spiro atoms. The second-order valence-corrected chi connectivity index (χ2v) is 6.67. The number of amides is 1. The Kier molecular flexibility index (Phi) is 5.52. The molecule has 0 fully saturated rings. The smallest absolute Gasteiger partial charge is 0.270 e. The Morgan fingerprint density at radius 3 is 2.54 bits per heavy atom. The van der Waals surface area contributed by atoms with E-state index in [1.54, 1.807) is 18.3 Å². The van der Waals surface area contributed by atoms with Crippen LogP contribution in [0.4, 0.5) is 0 Å². The summed E-state index contributed by atoms with van der Waals surface area (Å²) in [4.78, 5) is 16.9. The average molecular weight is 374 g/mol. The molecule has 5 nitrogen and oxygen atoms in total. The number of aryl methyl sites for hydroxylation is 1. The third kappa shape index (κ3) is 4.31. The third-order valence-corrected chi connectivity index (χ3v) is 4.74. The molecular formula is C23H22N2O3. The number of carbonyl (C=O) groups is 1. The van der Waals surface area contributed by atoms with Gasteiger partial charge in [0.25, 0.3) is 5.91 Å². The standard InChI is InChI=1S/C23H22N2O3/c26-23(20-8-4-5-13-24-20)25-19(11-9-17-6-2-1-3-7-17)18-10-12-21-22(16-18)28-15-14-27-21/h1-8,10,12-13,16,19H,9,11,14-15H2,(H,25,26). The number of benzene rings is 2. The predicted octanol–water partition coefficient (Wildman–Crippen LogP) is 3.96. The van der Waals surface area contributed by atoms with E-state index in [1.807, 2.05) is 42.5 Å². The highest BCUT2D eigenvalue weighted by molar-refractivity contribution is 5.92. The van der Waals surface area contributed by atoms with Gasteiger partial charge < -0.3 is 14.8 Å². The largest absolute Gasteiger partial charge is 0.486 e. The van der Waals surface area contributed by atoms with Gasteiger partial charge in [-0.25, -0.2) is 0 Å². The fourth-order valence-electron chi connectivity index (χ4n) is 3.28. The first-order chi connectivity index (χ1) is 13.8. The normalized spacial score (nSPS) is 13.6. The second-order valence-electron chi connectivity index (χ2n) is 6.67. The van der Waals surface area contributed by atoms with Crippen LogP contribution in [-0.2, 0) is 6.42 Å². The van der Waals surface area contributed by atoms with Gasteiger partial charge in [-0.1, -0.05) is 42.5 Å². The average Bonchev–Trinajstić information content (AvgIpc) is 2.77. The first kappa shape index (κ1) is 18.0. The van der Waals surface area contributed by atoms with Gasteiger partial charge in [0, 0.05) is 6.20 Å². The van der Waals surface area contributed by atoms with E-state index < -0.39 is 0 Å². The zero-order valence-corrected chi connectivity index (χ0v) is 15.5. The van der Waals surface area contributed by atoms with Crippen molar-refractivity contribution in [2.45, 2.75) is 18.9 Å². The molecule has 1 amide bonds. The molecule has 0 radical (unpaired) electrons. The maximum atomic E-state index is 12.7. The molecule has 0 bridgehead atoms. The van der Waals surface area contributed by atoms with Gasteiger partial charge in [-0.3, -0.25) is 9.78 Å². The minimum Gasteiger partial charge on any atom is -0.486 e. The summed E-state index contributed by atoms with van der Waals surface area (Å²) in [6.45, 7) is 1.09. The van der Waals surface area contributed by atoms with Gasteiger partial charge in [0.2, 0.25) is 0 Å². The summed E-state index contributed by atoms with van der Waals surface area (Å²) in [6.07, 6.45) is 3.24. The number of nitrogens with one attached hydrogen (secondary N) is 1. The van der Waals surface area contributed by atoms with Crippen LogP contribution >= 0.6 is 0 Å². The third-order valence-electron chi connectivity index (χ3n) is 4.74. The first-order valence-corrected chi connectivity index (χ1v) is 9.45. The Morgan fingerprint density at radius 2 is 1.75 bits per heavy atom. The molecule has 142 valence electrons. The Hall–Kier alpha value is -3.34. The Balaban J connectivity index is 1.56. The van der Waals surface area contributed by atoms with E-state index in [1.165, 1.54) is 5.56 Å². The lowest BCUT2D eigenvalue weighted by Crippen LogP contribution is -2.29. The van der Waals surface area contributed by atoms with Gasteiger partial charge >= 0.3 is 0 Å². The highest BCUT2D eigenvalue weighted by Crippen LogP contribution is 2.33. The first-order valence-electron chi connectivity index (χ1n) is 9.45. The van der Waals surface area contributed by atoms with E-state index in [-0.39, 0.29) is 11.9 Å². The van der Waals surface area contributed by atoms with Crippen molar-refractivity contribution in [3.05, 3.63) is 89.7 Å². The van der Waals surface area contributed by atoms with E-state index in [4.69, 9.17) is 9.47 Å². The van der Waals surface area contributed by atoms with Crippen LogP contribution in [0.3, 0.4) is 0 Å². The van der Waals surface area contributed by atoms with Crippen molar-refractivity contribution in [2.24, 2.45) is 0 Å². The number of hydrogen-bond donors (Lipinski definition) is 1. The topological polar surface area (TPSA) is 60.5 Å². The van der Waals surface area contributed by atoms with Crippen LogP contribution < -0.4 is 14.8 Å². The summed E-state index contributed by atoms with van der Waals surface area (Å²) in [7, 11) is 0. The summed E-state index contributed by atoms with van der Waals surface area (Å²) in [6, 6.07) is 21.3. The maximum absolute atomic E-state index is 12.7. The molecule has 1 aromatic heterocycles. The van der Waals surface area contributed by atoms with Crippen LogP contribution in [0.1, 0.15) is 34.1 Å². The van der Waals surface area contributed by atoms with Crippen molar-refractivity contribution in [2.75, 3.05) is 13.2 Å². The van der Waals surface area contributed by atoms with Crippen LogP contribution in [-0.4, -0.2) is 24.1 Å². The highest BCUT2D eigenvalue weighted by atomic mass is 16.6. The molecule has 28 heavy (non-hydrogen) atoms. The van der Waals surface area contributed by atoms with Crippen LogP contribution in [0, 0.1) is 0 Å². The lowest BCUT2D eigenvalue weighted by molar-refractivity contribution is 0.0929. The number of carbonyl (C=O) groups excluding carboxylic acids is 1. The lowest BCUT2D eigenvalue weighted by atomic mass is 9.98. The van der Waals surface area contributed by atoms with Gasteiger partial charge in [-0.05, 0) is 48.2 Å². The van der Waals surface area contributed by atoms with Gasteiger partial charge in [0.05, 0.1) is 6.04 Å². The Labute approximate surface area is 164 Å². The van der Waals surface area contributed by atoms with Crippen molar-refractivity contribution in [3.8, 4) is 11.5 Å². The molecule has 1 N–H and O–H groups in total. The van der Waals surface area contributed by atoms with E-state index in [0.29, 0.717) is 18.9 Å². The Morgan fingerprint density at radius 1 is 0.964 bits per heavy atom. The Bertz CT molecular complexity index is 929. The molecular weight excluding hydrogens is 352 g/mol. The summed E-state index contributed by atoms with van der Waals surface area (Å²) in [5, 5.41) is 3.13. The molecule has 4 rings (SSSR count). The monoisotopic (exact) mass is 374 g/mol. The van der Waals surface area contributed by atoms with Crippen LogP contribution in [0.5, 0.6) is 11.5 Å². The molecule has 1 atom stereocenters. The number of hydrogen-bond acceptors (Lipinski definition) is 4. The van der Waals surface area contributed by atoms with E-state index in [0.717, 1.165) is 29.9 Å². The summed E-state index contributed by atoms with van der Waals surface area (Å²) >= 11 is 0. The van der Waals surface area contributed by atoms with E-state index in [9.17, 15) is 4.79 Å². The summed E-state index contributed by atoms with van der Waals surface area (Å²) < 4.78 is 11.3. The van der Waals surface area contributed by atoms with Crippen molar-refractivity contribution in [1.82, 2.24) is 10.3 Å². The fraction of sp³-hybridized carbons (Fsp3) is 0.217. The number of ether oxygens (including phenoxy) is 2. The zero-order valence-electron chi connectivity index (χ0n) is 15.5. The van der Waals surface area contributed by atoms with Crippen LogP contribution in [0.15, 0.2) is 72.9 Å². The molecule has 3 aromatic rings. The molecule has 0 saturated heterocycles. The minimum atomic E-state index is -0.187. The van der Waals surface area contributed by atoms with E-state index >= 15 is 0 Å². The fourth-order valence-corrected chi connectivity index (χ4v) is 3.28. The molecule has 1 aliphatic rings. The maximum Gasteiger partial charge on any atom is 0.270 e. The SMILES string of the molecule is O=C(NC(CCc1ccccc1)c1ccc2c(c1)OCCO2)c1ccccn1. The van der Waals surface area contributed by atoms with Crippen molar-refractivity contribution in [1.29, 1.82) is 0 Å². The molecule has 1 aliphatic heterocycles. The summed E-state index contributed by atoms with van der Waals surface area (Å²) in [5.74, 6) is 1.28. The van der Waals surface area contributed by atoms with Gasteiger partial charge in [-0.2, -0.15) is 0 Å². The molecule has 2 aromatic carbocycles. The number of fused-ring (bicyclic) bond motifs is 1. The number of pyridine rings is 1. The van der Waals surface area contributed by atoms with Crippen molar-refractivity contribution in [3.63, 3.8) is 0 Å². The lowest BCUT2D eigenvalue weighted by Gasteiger charge is -2.23. The van der Waals surface area contributed by atoms with Crippen LogP contribution in [0.25, 0.3) is 0 Å². The van der Waals surface area contributed by atoms with Gasteiger partial charge in [0.1, 0.15) is 18.9 Å². The quantitative estimate of drug-likeness (QED) is 0.710. The van der Waals surface area contributed by atoms with Crippen LogP contribution in [0.2, 0.25) is 0 Å². The molecule has 0 aliphatic carbocycles. The second kappa shape index (κ2) is 8.57. The van der Waals surface area contributed by atoms with Crippen molar-refractivity contribution >= 4 is 5.91 Å². The molecule has 2 heterocycles. The summed E-state index contributed by atoms with van der Waals surface area (Å²) in [5.41, 5.74) is 2.63. The minimum absolute atomic E-state index is 0.162. The number of aromatic nitrogens is 1. The predicted molar refractivity (Wildman–Crippen MR) is 107 cm³/mol. The highest BCUT2D eigenvalue weighted by Gasteiger charge is 2.20.